The summed E-state index contributed by atoms with van der Waals surface area (Å²) in [6.45, 7) is 2.78. The number of ether oxygens (including phenoxy) is 1. The van der Waals surface area contributed by atoms with Crippen LogP contribution in [0.25, 0.3) is 6.08 Å². The number of hydrogen-bond acceptors (Lipinski definition) is 3. The highest BCUT2D eigenvalue weighted by Crippen LogP contribution is 2.38. The molecule has 0 spiro atoms. The Morgan fingerprint density at radius 2 is 1.80 bits per heavy atom. The van der Waals surface area contributed by atoms with Crippen molar-refractivity contribution in [3.63, 3.8) is 0 Å². The molecular formula is C21H21NO3. The SMILES string of the molecule is O=C1/C(=C/c2ccccc2)Oc2c1ccc([O-])c2C[NH+]1CCCCC1. The van der Waals surface area contributed by atoms with E-state index in [0.717, 1.165) is 18.7 Å². The van der Waals surface area contributed by atoms with E-state index in [-0.39, 0.29) is 11.5 Å². The Bertz CT molecular complexity index is 821. The van der Waals surface area contributed by atoms with Gasteiger partial charge in [-0.05, 0) is 37.0 Å². The number of nitrogens with one attached hydrogen (secondary N) is 1. The first-order valence-corrected chi connectivity index (χ1v) is 8.88. The van der Waals surface area contributed by atoms with Crippen LogP contribution in [-0.4, -0.2) is 18.9 Å². The summed E-state index contributed by atoms with van der Waals surface area (Å²) >= 11 is 0. The molecule has 2 heterocycles. The maximum Gasteiger partial charge on any atom is 0.231 e. The zero-order valence-electron chi connectivity index (χ0n) is 14.1. The number of quaternary nitrogens is 1. The molecule has 0 aromatic heterocycles. The minimum Gasteiger partial charge on any atom is -0.872 e. The van der Waals surface area contributed by atoms with Gasteiger partial charge in [-0.2, -0.15) is 0 Å². The lowest BCUT2D eigenvalue weighted by Gasteiger charge is -2.26. The van der Waals surface area contributed by atoms with Crippen molar-refractivity contribution in [3.8, 4) is 11.5 Å². The van der Waals surface area contributed by atoms with Crippen LogP contribution < -0.4 is 14.7 Å². The lowest BCUT2D eigenvalue weighted by Crippen LogP contribution is -3.11. The third-order valence-corrected chi connectivity index (χ3v) is 4.98. The molecule has 1 saturated heterocycles. The van der Waals surface area contributed by atoms with Crippen LogP contribution >= 0.6 is 0 Å². The summed E-state index contributed by atoms with van der Waals surface area (Å²) < 4.78 is 5.87. The second-order valence-corrected chi connectivity index (χ2v) is 6.76. The number of fused-ring (bicyclic) bond motifs is 1. The Labute approximate surface area is 147 Å². The summed E-state index contributed by atoms with van der Waals surface area (Å²) in [7, 11) is 0. The van der Waals surface area contributed by atoms with Crippen LogP contribution in [0, 0.1) is 0 Å². The number of carbonyl (C=O) groups is 1. The third kappa shape index (κ3) is 3.17. The zero-order valence-corrected chi connectivity index (χ0v) is 14.1. The van der Waals surface area contributed by atoms with Crippen LogP contribution in [0.5, 0.6) is 11.5 Å². The number of allylic oxidation sites excluding steroid dienone is 1. The van der Waals surface area contributed by atoms with Crippen LogP contribution in [0.15, 0.2) is 48.2 Å². The predicted molar refractivity (Wildman–Crippen MR) is 93.5 cm³/mol. The number of rotatable bonds is 3. The molecule has 0 bridgehead atoms. The van der Waals surface area contributed by atoms with Gasteiger partial charge in [0.2, 0.25) is 5.78 Å². The van der Waals surface area contributed by atoms with E-state index in [4.69, 9.17) is 4.74 Å². The van der Waals surface area contributed by atoms with E-state index in [0.29, 0.717) is 29.2 Å². The maximum atomic E-state index is 12.7. The highest BCUT2D eigenvalue weighted by atomic mass is 16.5. The minimum absolute atomic E-state index is 0.0365. The highest BCUT2D eigenvalue weighted by molar-refractivity contribution is 6.14. The van der Waals surface area contributed by atoms with E-state index in [9.17, 15) is 9.90 Å². The van der Waals surface area contributed by atoms with Gasteiger partial charge in [-0.15, -0.1) is 0 Å². The molecule has 0 saturated carbocycles. The van der Waals surface area contributed by atoms with Gasteiger partial charge in [-0.25, -0.2) is 0 Å². The Balaban J connectivity index is 1.66. The first-order valence-electron chi connectivity index (χ1n) is 8.88. The van der Waals surface area contributed by atoms with Crippen molar-refractivity contribution < 1.29 is 19.5 Å². The highest BCUT2D eigenvalue weighted by Gasteiger charge is 2.31. The molecule has 0 aliphatic carbocycles. The van der Waals surface area contributed by atoms with Crippen LogP contribution in [-0.2, 0) is 6.54 Å². The van der Waals surface area contributed by atoms with Gasteiger partial charge < -0.3 is 14.7 Å². The molecule has 4 heteroatoms. The molecule has 1 fully saturated rings. The van der Waals surface area contributed by atoms with Gasteiger partial charge in [0.25, 0.3) is 0 Å². The monoisotopic (exact) mass is 335 g/mol. The van der Waals surface area contributed by atoms with Crippen molar-refractivity contribution in [2.75, 3.05) is 13.1 Å². The number of carbonyl (C=O) groups excluding carboxylic acids is 1. The molecule has 2 aromatic carbocycles. The molecule has 0 atom stereocenters. The lowest BCUT2D eigenvalue weighted by atomic mass is 10.0. The molecule has 2 aliphatic rings. The number of piperidine rings is 1. The normalized spacial score (nSPS) is 19.0. The number of ketones is 1. The minimum atomic E-state index is -0.145. The molecule has 4 rings (SSSR count). The van der Waals surface area contributed by atoms with Gasteiger partial charge in [0.05, 0.1) is 18.7 Å². The number of benzene rings is 2. The standard InChI is InChI=1S/C21H21NO3/c23-18-10-9-16-20(24)19(13-15-7-3-1-4-8-15)25-21(16)17(18)14-22-11-5-2-6-12-22/h1,3-4,7-10,13,23H,2,5-6,11-12,14H2/b19-13-. The molecule has 1 N–H and O–H groups in total. The van der Waals surface area contributed by atoms with Gasteiger partial charge in [0.1, 0.15) is 12.3 Å². The number of Topliss-reactive ketones (excluding diaryl/α,β-unsaturated/α-hetero) is 1. The largest absolute Gasteiger partial charge is 0.872 e. The van der Waals surface area contributed by atoms with Gasteiger partial charge in [0, 0.05) is 5.56 Å². The molecule has 4 nitrogen and oxygen atoms in total. The molecule has 0 amide bonds. The van der Waals surface area contributed by atoms with Gasteiger partial charge in [-0.3, -0.25) is 4.79 Å². The Morgan fingerprint density at radius 3 is 2.56 bits per heavy atom. The Morgan fingerprint density at radius 1 is 1.04 bits per heavy atom. The van der Waals surface area contributed by atoms with Crippen LogP contribution in [0.3, 0.4) is 0 Å². The van der Waals surface area contributed by atoms with E-state index in [2.05, 4.69) is 0 Å². The molecular weight excluding hydrogens is 314 g/mol. The van der Waals surface area contributed by atoms with Crippen molar-refractivity contribution in [2.24, 2.45) is 0 Å². The van der Waals surface area contributed by atoms with E-state index in [1.807, 2.05) is 30.3 Å². The smallest absolute Gasteiger partial charge is 0.231 e. The van der Waals surface area contributed by atoms with E-state index >= 15 is 0 Å². The second kappa shape index (κ2) is 6.73. The summed E-state index contributed by atoms with van der Waals surface area (Å²) in [6.07, 6.45) is 5.39. The Hall–Kier alpha value is -2.59. The first kappa shape index (κ1) is 15.9. The zero-order chi connectivity index (χ0) is 17.2. The van der Waals surface area contributed by atoms with E-state index in [1.165, 1.54) is 30.2 Å². The fourth-order valence-electron chi connectivity index (χ4n) is 3.64. The average molecular weight is 335 g/mol. The summed E-state index contributed by atoms with van der Waals surface area (Å²) in [5, 5.41) is 12.4. The number of likely N-dealkylation sites (tertiary alicyclic amines) is 1. The van der Waals surface area contributed by atoms with Crippen LogP contribution in [0.4, 0.5) is 0 Å². The number of hydrogen-bond donors (Lipinski definition) is 1. The van der Waals surface area contributed by atoms with Gasteiger partial charge in [0.15, 0.2) is 5.76 Å². The molecule has 2 aromatic rings. The summed E-state index contributed by atoms with van der Waals surface area (Å²) in [4.78, 5) is 14.1. The second-order valence-electron chi connectivity index (χ2n) is 6.76. The molecule has 25 heavy (non-hydrogen) atoms. The van der Waals surface area contributed by atoms with Crippen molar-refractivity contribution in [1.82, 2.24) is 0 Å². The third-order valence-electron chi connectivity index (χ3n) is 4.98. The van der Waals surface area contributed by atoms with Gasteiger partial charge >= 0.3 is 0 Å². The Kier molecular flexibility index (Phi) is 4.28. The predicted octanol–water partition coefficient (Wildman–Crippen LogP) is 1.95. The van der Waals surface area contributed by atoms with Crippen molar-refractivity contribution in [2.45, 2.75) is 25.8 Å². The topological polar surface area (TPSA) is 53.8 Å². The average Bonchev–Trinajstić information content (AvgIpc) is 2.95. The molecule has 128 valence electrons. The van der Waals surface area contributed by atoms with Crippen molar-refractivity contribution in [3.05, 3.63) is 64.9 Å². The first-order chi connectivity index (χ1) is 12.2. The molecule has 0 unspecified atom stereocenters. The quantitative estimate of drug-likeness (QED) is 0.872. The summed E-state index contributed by atoms with van der Waals surface area (Å²) in [6, 6.07) is 12.7. The summed E-state index contributed by atoms with van der Waals surface area (Å²) in [5.41, 5.74) is 2.05. The van der Waals surface area contributed by atoms with Crippen molar-refractivity contribution >= 4 is 11.9 Å². The molecule has 0 radical (unpaired) electrons. The fraction of sp³-hybridized carbons (Fsp3) is 0.286. The van der Waals surface area contributed by atoms with Crippen LogP contribution in [0.2, 0.25) is 0 Å². The van der Waals surface area contributed by atoms with Crippen molar-refractivity contribution in [1.29, 1.82) is 0 Å². The van der Waals surface area contributed by atoms with E-state index < -0.39 is 0 Å². The maximum absolute atomic E-state index is 12.7. The summed E-state index contributed by atoms with van der Waals surface area (Å²) in [5.74, 6) is 0.582. The van der Waals surface area contributed by atoms with Crippen LogP contribution in [0.1, 0.15) is 40.7 Å². The molecule has 2 aliphatic heterocycles. The lowest BCUT2D eigenvalue weighted by molar-refractivity contribution is -0.918. The van der Waals surface area contributed by atoms with Gasteiger partial charge in [-0.1, -0.05) is 42.1 Å². The fourth-order valence-corrected chi connectivity index (χ4v) is 3.64. The van der Waals surface area contributed by atoms with E-state index in [1.54, 1.807) is 12.1 Å².